The van der Waals surface area contributed by atoms with Gasteiger partial charge in [0.05, 0.1) is 12.9 Å². The normalized spacial score (nSPS) is 13.0. The zero-order valence-corrected chi connectivity index (χ0v) is 18.1. The minimum Gasteiger partial charge on any atom is -0.497 e. The van der Waals surface area contributed by atoms with Crippen molar-refractivity contribution in [1.29, 1.82) is 0 Å². The van der Waals surface area contributed by atoms with Crippen molar-refractivity contribution in [2.45, 2.75) is 23.9 Å². The second kappa shape index (κ2) is 9.22. The quantitative estimate of drug-likeness (QED) is 0.522. The SMILES string of the molecule is COc1ccc(NC(=O)c2ccc(NC(=O)CSc3nnc(C4CC4)n3C)cc2)cc1. The molecule has 2 aromatic carbocycles. The fraction of sp³-hybridized carbons (Fsp3) is 0.273. The van der Waals surface area contributed by atoms with Gasteiger partial charge in [0.1, 0.15) is 11.6 Å². The van der Waals surface area contributed by atoms with Gasteiger partial charge < -0.3 is 19.9 Å². The van der Waals surface area contributed by atoms with E-state index in [1.165, 1.54) is 11.8 Å². The molecular formula is C22H23N5O3S. The molecule has 1 saturated carbocycles. The van der Waals surface area contributed by atoms with Crippen molar-refractivity contribution >= 4 is 35.0 Å². The Labute approximate surface area is 184 Å². The molecule has 2 amide bonds. The van der Waals surface area contributed by atoms with E-state index in [4.69, 9.17) is 4.74 Å². The van der Waals surface area contributed by atoms with Crippen LogP contribution in [-0.4, -0.2) is 39.4 Å². The Morgan fingerprint density at radius 2 is 1.68 bits per heavy atom. The maximum absolute atomic E-state index is 12.4. The molecule has 0 atom stereocenters. The molecule has 8 nitrogen and oxygen atoms in total. The summed E-state index contributed by atoms with van der Waals surface area (Å²) in [6.45, 7) is 0. The van der Waals surface area contributed by atoms with E-state index >= 15 is 0 Å². The average molecular weight is 438 g/mol. The van der Waals surface area contributed by atoms with E-state index in [-0.39, 0.29) is 17.6 Å². The van der Waals surface area contributed by atoms with E-state index in [1.54, 1.807) is 55.6 Å². The van der Waals surface area contributed by atoms with Crippen LogP contribution >= 0.6 is 11.8 Å². The van der Waals surface area contributed by atoms with Crippen LogP contribution in [0.25, 0.3) is 0 Å². The molecule has 1 aliphatic carbocycles. The minimum atomic E-state index is -0.229. The number of thioether (sulfide) groups is 1. The highest BCUT2D eigenvalue weighted by atomic mass is 32.2. The number of methoxy groups -OCH3 is 1. The number of rotatable bonds is 8. The first-order valence-corrected chi connectivity index (χ1v) is 10.9. The van der Waals surface area contributed by atoms with Gasteiger partial charge in [-0.05, 0) is 61.4 Å². The molecule has 9 heteroatoms. The Kier molecular flexibility index (Phi) is 6.22. The smallest absolute Gasteiger partial charge is 0.255 e. The standard InChI is InChI=1S/C22H23N5O3S/c1-27-20(14-3-4-14)25-26-22(27)31-13-19(28)23-16-7-5-15(6-8-16)21(29)24-17-9-11-18(30-2)12-10-17/h5-12,14H,3-4,13H2,1-2H3,(H,23,28)(H,24,29). The van der Waals surface area contributed by atoms with Crippen molar-refractivity contribution in [1.82, 2.24) is 14.8 Å². The number of nitrogens with zero attached hydrogens (tertiary/aromatic N) is 3. The summed E-state index contributed by atoms with van der Waals surface area (Å²) < 4.78 is 7.07. The number of carbonyl (C=O) groups excluding carboxylic acids is 2. The van der Waals surface area contributed by atoms with Crippen LogP contribution in [-0.2, 0) is 11.8 Å². The van der Waals surface area contributed by atoms with Gasteiger partial charge in [-0.25, -0.2) is 0 Å². The van der Waals surface area contributed by atoms with Crippen molar-refractivity contribution < 1.29 is 14.3 Å². The molecule has 0 saturated heterocycles. The Hall–Kier alpha value is -3.33. The largest absolute Gasteiger partial charge is 0.497 e. The summed E-state index contributed by atoms with van der Waals surface area (Å²) in [5.41, 5.74) is 1.80. The molecule has 1 aliphatic rings. The molecule has 0 aliphatic heterocycles. The monoisotopic (exact) mass is 437 g/mol. The minimum absolute atomic E-state index is 0.142. The zero-order valence-electron chi connectivity index (χ0n) is 17.3. The molecule has 1 aromatic heterocycles. The lowest BCUT2D eigenvalue weighted by molar-refractivity contribution is -0.113. The van der Waals surface area contributed by atoms with Gasteiger partial charge in [0.25, 0.3) is 5.91 Å². The molecule has 1 heterocycles. The lowest BCUT2D eigenvalue weighted by atomic mass is 10.2. The Morgan fingerprint density at radius 3 is 2.32 bits per heavy atom. The fourth-order valence-corrected chi connectivity index (χ4v) is 3.78. The summed E-state index contributed by atoms with van der Waals surface area (Å²) >= 11 is 1.36. The highest BCUT2D eigenvalue weighted by Crippen LogP contribution is 2.39. The lowest BCUT2D eigenvalue weighted by Crippen LogP contribution is -2.15. The summed E-state index contributed by atoms with van der Waals surface area (Å²) in [5.74, 6) is 2.09. The van der Waals surface area contributed by atoms with E-state index in [0.717, 1.165) is 29.6 Å². The predicted molar refractivity (Wildman–Crippen MR) is 120 cm³/mol. The fourth-order valence-electron chi connectivity index (χ4n) is 3.06. The molecule has 4 rings (SSSR count). The highest BCUT2D eigenvalue weighted by molar-refractivity contribution is 7.99. The van der Waals surface area contributed by atoms with Crippen LogP contribution in [0.5, 0.6) is 5.75 Å². The number of benzene rings is 2. The van der Waals surface area contributed by atoms with E-state index in [2.05, 4.69) is 20.8 Å². The van der Waals surface area contributed by atoms with Crippen molar-refractivity contribution in [3.8, 4) is 5.75 Å². The molecule has 2 N–H and O–H groups in total. The maximum Gasteiger partial charge on any atom is 0.255 e. The van der Waals surface area contributed by atoms with Gasteiger partial charge in [-0.15, -0.1) is 10.2 Å². The predicted octanol–water partition coefficient (Wildman–Crippen LogP) is 3.68. The van der Waals surface area contributed by atoms with Crippen LogP contribution in [0.1, 0.15) is 34.9 Å². The van der Waals surface area contributed by atoms with E-state index < -0.39 is 0 Å². The number of hydrogen-bond acceptors (Lipinski definition) is 6. The first-order valence-electron chi connectivity index (χ1n) is 9.91. The second-order valence-corrected chi connectivity index (χ2v) is 8.21. The average Bonchev–Trinajstić information content (AvgIpc) is 3.56. The molecule has 0 unspecified atom stereocenters. The first kappa shape index (κ1) is 20.9. The van der Waals surface area contributed by atoms with Crippen molar-refractivity contribution in [3.05, 3.63) is 59.9 Å². The number of ether oxygens (including phenoxy) is 1. The molecular weight excluding hydrogens is 414 g/mol. The number of hydrogen-bond donors (Lipinski definition) is 2. The molecule has 160 valence electrons. The van der Waals surface area contributed by atoms with E-state index in [9.17, 15) is 9.59 Å². The van der Waals surface area contributed by atoms with Crippen LogP contribution in [0.4, 0.5) is 11.4 Å². The van der Waals surface area contributed by atoms with Crippen molar-refractivity contribution in [2.75, 3.05) is 23.5 Å². The molecule has 1 fully saturated rings. The first-order chi connectivity index (χ1) is 15.0. The second-order valence-electron chi connectivity index (χ2n) is 7.27. The number of nitrogens with one attached hydrogen (secondary N) is 2. The maximum atomic E-state index is 12.4. The van der Waals surface area contributed by atoms with Crippen LogP contribution in [0, 0.1) is 0 Å². The van der Waals surface area contributed by atoms with Crippen molar-refractivity contribution in [3.63, 3.8) is 0 Å². The van der Waals surface area contributed by atoms with Gasteiger partial charge in [0.15, 0.2) is 5.16 Å². The van der Waals surface area contributed by atoms with E-state index in [1.807, 2.05) is 11.6 Å². The molecule has 0 radical (unpaired) electrons. The topological polar surface area (TPSA) is 98.1 Å². The lowest BCUT2D eigenvalue weighted by Gasteiger charge is -2.08. The Balaban J connectivity index is 1.28. The summed E-state index contributed by atoms with van der Waals surface area (Å²) in [5, 5.41) is 14.8. The molecule has 3 aromatic rings. The van der Waals surface area contributed by atoms with Crippen LogP contribution in [0.3, 0.4) is 0 Å². The molecule has 0 bridgehead atoms. The number of aromatic nitrogens is 3. The van der Waals surface area contributed by atoms with Gasteiger partial charge in [-0.3, -0.25) is 9.59 Å². The Bertz CT molecular complexity index is 1080. The third-order valence-corrected chi connectivity index (χ3v) is 5.94. The molecule has 0 spiro atoms. The highest BCUT2D eigenvalue weighted by Gasteiger charge is 2.29. The van der Waals surface area contributed by atoms with Crippen LogP contribution < -0.4 is 15.4 Å². The summed E-state index contributed by atoms with van der Waals surface area (Å²) in [6, 6.07) is 13.9. The van der Waals surface area contributed by atoms with Gasteiger partial charge >= 0.3 is 0 Å². The van der Waals surface area contributed by atoms with Gasteiger partial charge in [-0.2, -0.15) is 0 Å². The van der Waals surface area contributed by atoms with Crippen LogP contribution in [0.15, 0.2) is 53.7 Å². The van der Waals surface area contributed by atoms with Crippen LogP contribution in [0.2, 0.25) is 0 Å². The number of carbonyl (C=O) groups is 2. The van der Waals surface area contributed by atoms with Gasteiger partial charge in [0.2, 0.25) is 5.91 Å². The summed E-state index contributed by atoms with van der Waals surface area (Å²) in [4.78, 5) is 24.7. The van der Waals surface area contributed by atoms with Crippen molar-refractivity contribution in [2.24, 2.45) is 7.05 Å². The Morgan fingerprint density at radius 1 is 1.03 bits per heavy atom. The third-order valence-electron chi connectivity index (χ3n) is 4.92. The van der Waals surface area contributed by atoms with E-state index in [0.29, 0.717) is 22.9 Å². The molecule has 31 heavy (non-hydrogen) atoms. The number of anilines is 2. The third kappa shape index (κ3) is 5.24. The summed E-state index contributed by atoms with van der Waals surface area (Å²) in [7, 11) is 3.52. The zero-order chi connectivity index (χ0) is 21.8. The van der Waals surface area contributed by atoms with Gasteiger partial charge in [0, 0.05) is 29.9 Å². The summed E-state index contributed by atoms with van der Waals surface area (Å²) in [6.07, 6.45) is 2.32. The number of amides is 2. The van der Waals surface area contributed by atoms with Gasteiger partial charge in [-0.1, -0.05) is 11.8 Å².